The number of aliphatic imine (C=N–C) groups is 1. The van der Waals surface area contributed by atoms with Crippen LogP contribution in [0.1, 0.15) is 51.2 Å². The molecule has 0 amide bonds. The number of rotatable bonds is 3. The smallest absolute Gasteiger partial charge is 0.229 e. The normalized spacial score (nSPS) is 17.2. The van der Waals surface area contributed by atoms with E-state index in [4.69, 9.17) is 10.3 Å². The summed E-state index contributed by atoms with van der Waals surface area (Å²) >= 11 is 0. The minimum absolute atomic E-state index is 0.0932. The number of nitrogens with zero attached hydrogens (tertiary/aromatic N) is 3. The van der Waals surface area contributed by atoms with Gasteiger partial charge in [-0.3, -0.25) is 0 Å². The number of nitrogens with one attached hydrogen (secondary N) is 1. The summed E-state index contributed by atoms with van der Waals surface area (Å²) in [7, 11) is 0. The summed E-state index contributed by atoms with van der Waals surface area (Å²) < 4.78 is 5.13. The molecule has 1 aromatic heterocycles. The van der Waals surface area contributed by atoms with Crippen molar-refractivity contribution in [2.24, 2.45) is 10.7 Å². The first-order valence-electron chi connectivity index (χ1n) is 5.84. The van der Waals surface area contributed by atoms with E-state index in [1.54, 1.807) is 0 Å². The molecule has 1 saturated carbocycles. The second-order valence-electron chi connectivity index (χ2n) is 5.40. The van der Waals surface area contributed by atoms with E-state index >= 15 is 0 Å². The van der Waals surface area contributed by atoms with E-state index < -0.39 is 0 Å². The molecule has 2 rings (SSSR count). The minimum atomic E-state index is -0.0932. The average Bonchev–Trinajstić information content (AvgIpc) is 2.93. The predicted molar refractivity (Wildman–Crippen MR) is 64.5 cm³/mol. The molecule has 1 aliphatic rings. The first-order chi connectivity index (χ1) is 7.94. The Balaban J connectivity index is 1.89. The lowest BCUT2D eigenvalue weighted by Crippen LogP contribution is -2.45. The van der Waals surface area contributed by atoms with Crippen LogP contribution < -0.4 is 11.1 Å². The summed E-state index contributed by atoms with van der Waals surface area (Å²) in [6, 6.07) is 0. The van der Waals surface area contributed by atoms with E-state index in [0.717, 1.165) is 18.7 Å². The predicted octanol–water partition coefficient (Wildman–Crippen LogP) is 1.15. The molecule has 3 N–H and O–H groups in total. The van der Waals surface area contributed by atoms with Gasteiger partial charge < -0.3 is 15.6 Å². The van der Waals surface area contributed by atoms with Crippen molar-refractivity contribution < 1.29 is 4.52 Å². The average molecular weight is 237 g/mol. The molecule has 1 aliphatic carbocycles. The van der Waals surface area contributed by atoms with Gasteiger partial charge in [0, 0.05) is 11.5 Å². The van der Waals surface area contributed by atoms with Gasteiger partial charge in [-0.25, -0.2) is 4.99 Å². The van der Waals surface area contributed by atoms with Crippen molar-refractivity contribution in [2.45, 2.75) is 51.6 Å². The standard InChI is InChI=1S/C11H19N5O/c1-11(2,3)15-10(12)13-6-8-14-9(17-16-8)7-4-5-7/h7H,4-6H2,1-3H3,(H3,12,13,15). The Morgan fingerprint density at radius 3 is 2.82 bits per heavy atom. The molecule has 17 heavy (non-hydrogen) atoms. The van der Waals surface area contributed by atoms with E-state index in [-0.39, 0.29) is 5.54 Å². The summed E-state index contributed by atoms with van der Waals surface area (Å²) in [5, 5.41) is 6.94. The van der Waals surface area contributed by atoms with Crippen LogP contribution in [-0.2, 0) is 6.54 Å². The quantitative estimate of drug-likeness (QED) is 0.608. The van der Waals surface area contributed by atoms with Gasteiger partial charge in [-0.2, -0.15) is 4.98 Å². The molecular formula is C11H19N5O. The Morgan fingerprint density at radius 1 is 1.53 bits per heavy atom. The summed E-state index contributed by atoms with van der Waals surface area (Å²) in [5.41, 5.74) is 5.65. The van der Waals surface area contributed by atoms with Gasteiger partial charge >= 0.3 is 0 Å². The van der Waals surface area contributed by atoms with Crippen molar-refractivity contribution in [2.75, 3.05) is 0 Å². The SMILES string of the molecule is CC(C)(C)NC(N)=NCc1noc(C2CC2)n1. The van der Waals surface area contributed by atoms with Crippen LogP contribution in [0.5, 0.6) is 0 Å². The fraction of sp³-hybridized carbons (Fsp3) is 0.727. The Morgan fingerprint density at radius 2 is 2.24 bits per heavy atom. The highest BCUT2D eigenvalue weighted by Crippen LogP contribution is 2.38. The van der Waals surface area contributed by atoms with E-state index in [1.165, 1.54) is 0 Å². The summed E-state index contributed by atoms with van der Waals surface area (Å²) in [6.07, 6.45) is 2.30. The first-order valence-corrected chi connectivity index (χ1v) is 5.84. The molecular weight excluding hydrogens is 218 g/mol. The monoisotopic (exact) mass is 237 g/mol. The fourth-order valence-electron chi connectivity index (χ4n) is 1.41. The number of nitrogens with two attached hydrogens (primary N) is 1. The molecule has 1 fully saturated rings. The third-order valence-electron chi connectivity index (χ3n) is 2.30. The van der Waals surface area contributed by atoms with Gasteiger partial charge in [-0.05, 0) is 33.6 Å². The third kappa shape index (κ3) is 3.72. The molecule has 6 nitrogen and oxygen atoms in total. The van der Waals surface area contributed by atoms with Crippen LogP contribution in [0.3, 0.4) is 0 Å². The molecule has 1 heterocycles. The largest absolute Gasteiger partial charge is 0.370 e. The maximum atomic E-state index is 5.74. The van der Waals surface area contributed by atoms with E-state index in [2.05, 4.69) is 20.4 Å². The van der Waals surface area contributed by atoms with Crippen LogP contribution in [0.2, 0.25) is 0 Å². The zero-order chi connectivity index (χ0) is 12.5. The van der Waals surface area contributed by atoms with Gasteiger partial charge in [0.1, 0.15) is 6.54 Å². The molecule has 1 aromatic rings. The number of hydrogen-bond acceptors (Lipinski definition) is 4. The second kappa shape index (κ2) is 4.35. The van der Waals surface area contributed by atoms with Crippen molar-refractivity contribution >= 4 is 5.96 Å². The summed E-state index contributed by atoms with van der Waals surface area (Å²) in [5.74, 6) is 2.20. The highest BCUT2D eigenvalue weighted by molar-refractivity contribution is 5.78. The molecule has 0 spiro atoms. The van der Waals surface area contributed by atoms with Crippen LogP contribution in [0.4, 0.5) is 0 Å². The lowest BCUT2D eigenvalue weighted by molar-refractivity contribution is 0.374. The molecule has 0 aliphatic heterocycles. The summed E-state index contributed by atoms with van der Waals surface area (Å²) in [6.45, 7) is 6.42. The Bertz CT molecular complexity index is 414. The molecule has 0 atom stereocenters. The van der Waals surface area contributed by atoms with Gasteiger partial charge in [0.15, 0.2) is 11.8 Å². The van der Waals surface area contributed by atoms with Crippen molar-refractivity contribution in [1.29, 1.82) is 0 Å². The molecule has 94 valence electrons. The number of aromatic nitrogens is 2. The number of guanidine groups is 1. The van der Waals surface area contributed by atoms with Crippen LogP contribution in [0.15, 0.2) is 9.52 Å². The Kier molecular flexibility index (Phi) is 3.04. The first kappa shape index (κ1) is 11.9. The van der Waals surface area contributed by atoms with Gasteiger partial charge in [-0.1, -0.05) is 5.16 Å². The van der Waals surface area contributed by atoms with E-state index in [0.29, 0.717) is 24.2 Å². The third-order valence-corrected chi connectivity index (χ3v) is 2.30. The Hall–Kier alpha value is -1.59. The lowest BCUT2D eigenvalue weighted by atomic mass is 10.1. The minimum Gasteiger partial charge on any atom is -0.370 e. The van der Waals surface area contributed by atoms with E-state index in [9.17, 15) is 0 Å². The van der Waals surface area contributed by atoms with Crippen LogP contribution >= 0.6 is 0 Å². The second-order valence-corrected chi connectivity index (χ2v) is 5.40. The molecule has 0 unspecified atom stereocenters. The molecule has 0 bridgehead atoms. The maximum absolute atomic E-state index is 5.74. The Labute approximate surface area is 101 Å². The maximum Gasteiger partial charge on any atom is 0.229 e. The fourth-order valence-corrected chi connectivity index (χ4v) is 1.41. The van der Waals surface area contributed by atoms with Crippen LogP contribution in [-0.4, -0.2) is 21.6 Å². The number of hydrogen-bond donors (Lipinski definition) is 2. The molecule has 0 saturated heterocycles. The van der Waals surface area contributed by atoms with Crippen LogP contribution in [0, 0.1) is 0 Å². The topological polar surface area (TPSA) is 89.3 Å². The van der Waals surface area contributed by atoms with Crippen molar-refractivity contribution in [3.05, 3.63) is 11.7 Å². The molecule has 0 radical (unpaired) electrons. The summed E-state index contributed by atoms with van der Waals surface area (Å²) in [4.78, 5) is 8.44. The highest BCUT2D eigenvalue weighted by Gasteiger charge is 2.29. The van der Waals surface area contributed by atoms with Crippen LogP contribution in [0.25, 0.3) is 0 Å². The molecule has 6 heteroatoms. The lowest BCUT2D eigenvalue weighted by Gasteiger charge is -2.20. The van der Waals surface area contributed by atoms with E-state index in [1.807, 2.05) is 20.8 Å². The zero-order valence-corrected chi connectivity index (χ0v) is 10.5. The van der Waals surface area contributed by atoms with Gasteiger partial charge in [0.05, 0.1) is 0 Å². The molecule has 0 aromatic carbocycles. The van der Waals surface area contributed by atoms with Crippen molar-refractivity contribution in [3.8, 4) is 0 Å². The van der Waals surface area contributed by atoms with Gasteiger partial charge in [-0.15, -0.1) is 0 Å². The van der Waals surface area contributed by atoms with Crippen molar-refractivity contribution in [1.82, 2.24) is 15.5 Å². The van der Waals surface area contributed by atoms with Gasteiger partial charge in [0.2, 0.25) is 5.89 Å². The van der Waals surface area contributed by atoms with Crippen molar-refractivity contribution in [3.63, 3.8) is 0 Å². The zero-order valence-electron chi connectivity index (χ0n) is 10.5. The van der Waals surface area contributed by atoms with Gasteiger partial charge in [0.25, 0.3) is 0 Å². The highest BCUT2D eigenvalue weighted by atomic mass is 16.5.